The van der Waals surface area contributed by atoms with Crippen molar-refractivity contribution >= 4 is 86.8 Å². The molecule has 0 aliphatic carbocycles. The normalized spacial score (nSPS) is 11.9. The van der Waals surface area contributed by atoms with Gasteiger partial charge in [0.15, 0.2) is 0 Å². The van der Waals surface area contributed by atoms with Crippen LogP contribution >= 0.6 is 0 Å². The van der Waals surface area contributed by atoms with Crippen LogP contribution in [0.15, 0.2) is 206 Å². The van der Waals surface area contributed by atoms with Gasteiger partial charge >= 0.3 is 0 Å². The number of aromatic nitrogens is 4. The minimum absolute atomic E-state index is 0.904. The summed E-state index contributed by atoms with van der Waals surface area (Å²) in [6.07, 6.45) is 0. The predicted octanol–water partition coefficient (Wildman–Crippen LogP) is 15.2. The van der Waals surface area contributed by atoms with Crippen molar-refractivity contribution in [2.45, 2.75) is 0 Å². The molecular formula is C58H34N4. The van der Waals surface area contributed by atoms with Crippen LogP contribution < -0.4 is 0 Å². The molecule has 0 aliphatic heterocycles. The summed E-state index contributed by atoms with van der Waals surface area (Å²) >= 11 is 0. The van der Waals surface area contributed by atoms with E-state index in [1.54, 1.807) is 0 Å². The van der Waals surface area contributed by atoms with Crippen molar-refractivity contribution in [1.82, 2.24) is 19.9 Å². The van der Waals surface area contributed by atoms with Crippen LogP contribution in [0.4, 0.5) is 0 Å². The largest absolute Gasteiger partial charge is 0.245 e. The van der Waals surface area contributed by atoms with E-state index in [-0.39, 0.29) is 0 Å². The SMILES string of the molecule is c1ccc(-c2ccc3ccc4ccc(-c5ccc6c7ccc(-c8ccc9ccc%10c(-c%11ccccc%11)c%11ccccc%11nc%10c9n8)cc7c7ccccc7c6c5)nc4c3n2)cc1. The molecule has 0 saturated carbocycles. The van der Waals surface area contributed by atoms with Crippen LogP contribution in [-0.2, 0) is 0 Å². The number of nitrogens with zero attached hydrogens (tertiary/aromatic N) is 4. The van der Waals surface area contributed by atoms with Crippen LogP contribution in [0.5, 0.6) is 0 Å². The maximum atomic E-state index is 5.40. The summed E-state index contributed by atoms with van der Waals surface area (Å²) in [5, 5.41) is 12.7. The number of rotatable bonds is 4. The number of hydrogen-bond acceptors (Lipinski definition) is 4. The first-order valence-corrected chi connectivity index (χ1v) is 21.0. The lowest BCUT2D eigenvalue weighted by Gasteiger charge is -2.14. The van der Waals surface area contributed by atoms with Gasteiger partial charge in [0.2, 0.25) is 0 Å². The molecule has 0 unspecified atom stereocenters. The molecule has 0 aliphatic rings. The summed E-state index contributed by atoms with van der Waals surface area (Å²) in [6.45, 7) is 0. The molecular weight excluding hydrogens is 753 g/mol. The third-order valence-electron chi connectivity index (χ3n) is 12.6. The lowest BCUT2D eigenvalue weighted by molar-refractivity contribution is 1.37. The fourth-order valence-corrected chi connectivity index (χ4v) is 9.59. The number of para-hydroxylation sites is 1. The van der Waals surface area contributed by atoms with Gasteiger partial charge in [0.05, 0.1) is 44.7 Å². The van der Waals surface area contributed by atoms with Gasteiger partial charge in [0.25, 0.3) is 0 Å². The highest BCUT2D eigenvalue weighted by molar-refractivity contribution is 6.26. The quantitative estimate of drug-likeness (QED) is 0.132. The first-order valence-electron chi connectivity index (χ1n) is 21.0. The lowest BCUT2D eigenvalue weighted by Crippen LogP contribution is -1.93. The van der Waals surface area contributed by atoms with Gasteiger partial charge in [-0.3, -0.25) is 0 Å². The van der Waals surface area contributed by atoms with E-state index >= 15 is 0 Å². The average molecular weight is 787 g/mol. The molecule has 0 fully saturated rings. The van der Waals surface area contributed by atoms with Gasteiger partial charge in [-0.15, -0.1) is 0 Å². The van der Waals surface area contributed by atoms with Gasteiger partial charge in [-0.1, -0.05) is 170 Å². The van der Waals surface area contributed by atoms with Gasteiger partial charge in [-0.25, -0.2) is 19.9 Å². The van der Waals surface area contributed by atoms with Crippen LogP contribution in [0.1, 0.15) is 0 Å². The number of hydrogen-bond donors (Lipinski definition) is 0. The van der Waals surface area contributed by atoms with Crippen molar-refractivity contribution in [1.29, 1.82) is 0 Å². The second kappa shape index (κ2) is 13.6. The van der Waals surface area contributed by atoms with Gasteiger partial charge in [-0.05, 0) is 74.3 Å². The minimum Gasteiger partial charge on any atom is -0.245 e. The van der Waals surface area contributed by atoms with Crippen molar-refractivity contribution < 1.29 is 0 Å². The number of benzene rings is 9. The van der Waals surface area contributed by atoms with Crippen LogP contribution in [0.3, 0.4) is 0 Å². The fraction of sp³-hybridized carbons (Fsp3) is 0. The Morgan fingerprint density at radius 2 is 0.629 bits per heavy atom. The smallest absolute Gasteiger partial charge is 0.0978 e. The standard InChI is InChI=1S/C58H34N4/c1-3-11-35(12-4-1)50-30-24-37-19-20-38-25-31-51(60-56(38)55(37)59-50)40-22-27-44-45-28-23-41(34-49(45)43-16-8-7-15-42(43)48(44)33-40)52-32-26-39-21-29-47-54(36-13-5-2-6-14-36)46-17-9-10-18-53(46)62-58(47)57(39)61-52/h1-34H. The topological polar surface area (TPSA) is 51.6 Å². The molecule has 0 spiro atoms. The highest BCUT2D eigenvalue weighted by Gasteiger charge is 2.17. The van der Waals surface area contributed by atoms with Crippen molar-refractivity contribution in [2.75, 3.05) is 0 Å². The van der Waals surface area contributed by atoms with E-state index in [4.69, 9.17) is 19.9 Å². The molecule has 0 saturated heterocycles. The highest BCUT2D eigenvalue weighted by Crippen LogP contribution is 2.41. The van der Waals surface area contributed by atoms with E-state index in [0.717, 1.165) is 88.3 Å². The second-order valence-electron chi connectivity index (χ2n) is 16.1. The average Bonchev–Trinajstić information content (AvgIpc) is 3.35. The van der Waals surface area contributed by atoms with Gasteiger partial charge < -0.3 is 0 Å². The summed E-state index contributed by atoms with van der Waals surface area (Å²) in [5.74, 6) is 0. The number of pyridine rings is 4. The van der Waals surface area contributed by atoms with Gasteiger partial charge in [0.1, 0.15) is 0 Å². The van der Waals surface area contributed by atoms with Crippen LogP contribution in [0, 0.1) is 0 Å². The molecule has 9 aromatic carbocycles. The summed E-state index contributed by atoms with van der Waals surface area (Å²) in [6, 6.07) is 73.3. The van der Waals surface area contributed by atoms with E-state index in [0.29, 0.717) is 0 Å². The Bertz CT molecular complexity index is 3950. The molecule has 0 N–H and O–H groups in total. The van der Waals surface area contributed by atoms with E-state index in [2.05, 4.69) is 200 Å². The van der Waals surface area contributed by atoms with Crippen molar-refractivity contribution in [3.8, 4) is 44.9 Å². The fourth-order valence-electron chi connectivity index (χ4n) is 9.59. The molecule has 13 rings (SSSR count). The molecule has 0 amide bonds. The molecule has 13 aromatic rings. The zero-order valence-corrected chi connectivity index (χ0v) is 33.4. The van der Waals surface area contributed by atoms with E-state index in [1.165, 1.54) is 43.4 Å². The zero-order chi connectivity index (χ0) is 40.7. The first-order chi connectivity index (χ1) is 30.7. The summed E-state index contributed by atoms with van der Waals surface area (Å²) in [7, 11) is 0. The molecule has 4 heterocycles. The number of fused-ring (bicyclic) bond motifs is 13. The van der Waals surface area contributed by atoms with Crippen LogP contribution in [0.2, 0.25) is 0 Å². The molecule has 0 atom stereocenters. The summed E-state index contributed by atoms with van der Waals surface area (Å²) < 4.78 is 0. The maximum absolute atomic E-state index is 5.40. The Kier molecular flexibility index (Phi) is 7.57. The van der Waals surface area contributed by atoms with Crippen LogP contribution in [-0.4, -0.2) is 19.9 Å². The minimum atomic E-state index is 0.904. The molecule has 0 bridgehead atoms. The molecule has 4 aromatic heterocycles. The third-order valence-corrected chi connectivity index (χ3v) is 12.6. The Morgan fingerprint density at radius 1 is 0.226 bits per heavy atom. The second-order valence-corrected chi connectivity index (χ2v) is 16.1. The lowest BCUT2D eigenvalue weighted by atomic mass is 9.91. The maximum Gasteiger partial charge on any atom is 0.0978 e. The summed E-state index contributed by atoms with van der Waals surface area (Å²) in [5.41, 5.74) is 13.0. The molecule has 286 valence electrons. The first kappa shape index (κ1) is 34.5. The zero-order valence-electron chi connectivity index (χ0n) is 33.4. The molecule has 4 nitrogen and oxygen atoms in total. The monoisotopic (exact) mass is 786 g/mol. The van der Waals surface area contributed by atoms with Crippen LogP contribution in [0.25, 0.3) is 132 Å². The molecule has 4 heteroatoms. The van der Waals surface area contributed by atoms with E-state index in [1.807, 2.05) is 6.07 Å². The van der Waals surface area contributed by atoms with E-state index in [9.17, 15) is 0 Å². The van der Waals surface area contributed by atoms with Crippen molar-refractivity contribution in [2.24, 2.45) is 0 Å². The van der Waals surface area contributed by atoms with Gasteiger partial charge in [0, 0.05) is 49.2 Å². The highest BCUT2D eigenvalue weighted by atomic mass is 14.8. The third kappa shape index (κ3) is 5.40. The Morgan fingerprint density at radius 3 is 1.19 bits per heavy atom. The molecule has 62 heavy (non-hydrogen) atoms. The Balaban J connectivity index is 0.956. The Labute approximate surface area is 356 Å². The molecule has 0 radical (unpaired) electrons. The van der Waals surface area contributed by atoms with Crippen molar-refractivity contribution in [3.63, 3.8) is 0 Å². The predicted molar refractivity (Wildman–Crippen MR) is 259 cm³/mol. The van der Waals surface area contributed by atoms with E-state index < -0.39 is 0 Å². The van der Waals surface area contributed by atoms with Crippen molar-refractivity contribution in [3.05, 3.63) is 206 Å². The summed E-state index contributed by atoms with van der Waals surface area (Å²) in [4.78, 5) is 21.1. The van der Waals surface area contributed by atoms with Gasteiger partial charge in [-0.2, -0.15) is 0 Å². The Hall–Kier alpha value is -8.34.